The summed E-state index contributed by atoms with van der Waals surface area (Å²) in [6.07, 6.45) is 0. The Morgan fingerprint density at radius 1 is 0.957 bits per heavy atom. The Morgan fingerprint density at radius 2 is 1.65 bits per heavy atom. The number of hydrogen-bond acceptors (Lipinski definition) is 3. The molecule has 0 unspecified atom stereocenters. The van der Waals surface area contributed by atoms with Crippen LogP contribution in [0.5, 0.6) is 5.75 Å². The van der Waals surface area contributed by atoms with E-state index in [0.717, 1.165) is 10.8 Å². The predicted octanol–water partition coefficient (Wildman–Crippen LogP) is 4.25. The first-order valence-electron chi connectivity index (χ1n) is 7.21. The van der Waals surface area contributed by atoms with Crippen molar-refractivity contribution in [2.45, 2.75) is 0 Å². The van der Waals surface area contributed by atoms with E-state index in [-0.39, 0.29) is 5.56 Å². The van der Waals surface area contributed by atoms with Crippen LogP contribution in [-0.4, -0.2) is 23.2 Å². The topological polar surface area (TPSA) is 59.4 Å². The molecule has 0 saturated carbocycles. The molecule has 112 valence electrons. The molecule has 0 aliphatic rings. The third kappa shape index (κ3) is 2.07. The highest BCUT2D eigenvalue weighted by Crippen LogP contribution is 2.31. The summed E-state index contributed by atoms with van der Waals surface area (Å²) in [4.78, 5) is 16.5. The first kappa shape index (κ1) is 13.5. The molecule has 3 aromatic carbocycles. The molecule has 1 aromatic heterocycles. The lowest BCUT2D eigenvalue weighted by Gasteiger charge is -2.10. The summed E-state index contributed by atoms with van der Waals surface area (Å²) in [5.74, 6) is -0.354. The van der Waals surface area contributed by atoms with Gasteiger partial charge in [0.05, 0.1) is 23.7 Å². The number of aromatic carboxylic acids is 1. The molecule has 0 bridgehead atoms. The number of aromatic nitrogens is 1. The molecule has 0 amide bonds. The number of hydrogen-bond donors (Lipinski definition) is 1. The van der Waals surface area contributed by atoms with Crippen LogP contribution < -0.4 is 4.74 Å². The third-order valence-electron chi connectivity index (χ3n) is 4.06. The number of benzene rings is 3. The average molecular weight is 303 g/mol. The summed E-state index contributed by atoms with van der Waals surface area (Å²) in [6.45, 7) is 0. The molecule has 4 heteroatoms. The lowest BCUT2D eigenvalue weighted by atomic mass is 9.99. The van der Waals surface area contributed by atoms with E-state index in [0.29, 0.717) is 27.6 Å². The zero-order valence-corrected chi connectivity index (χ0v) is 12.4. The number of pyridine rings is 1. The molecule has 0 saturated heterocycles. The van der Waals surface area contributed by atoms with Crippen LogP contribution in [-0.2, 0) is 0 Å². The first-order valence-corrected chi connectivity index (χ1v) is 7.21. The summed E-state index contributed by atoms with van der Waals surface area (Å²) < 4.78 is 5.22. The van der Waals surface area contributed by atoms with Crippen molar-refractivity contribution in [3.63, 3.8) is 0 Å². The number of carboxylic acid groups (broad SMARTS) is 1. The second-order valence-corrected chi connectivity index (χ2v) is 5.39. The number of methoxy groups -OCH3 is 1. The highest BCUT2D eigenvalue weighted by molar-refractivity contribution is 6.16. The Balaban J connectivity index is 2.22. The molecule has 1 N–H and O–H groups in total. The molecule has 0 fully saturated rings. The molecule has 0 aliphatic heterocycles. The van der Waals surface area contributed by atoms with Gasteiger partial charge in [0.1, 0.15) is 5.75 Å². The maximum absolute atomic E-state index is 11.9. The summed E-state index contributed by atoms with van der Waals surface area (Å²) in [5, 5.41) is 13.0. The Morgan fingerprint density at radius 3 is 2.35 bits per heavy atom. The van der Waals surface area contributed by atoms with E-state index in [4.69, 9.17) is 4.74 Å². The molecule has 23 heavy (non-hydrogen) atoms. The average Bonchev–Trinajstić information content (AvgIpc) is 2.57. The van der Waals surface area contributed by atoms with Crippen LogP contribution >= 0.6 is 0 Å². The van der Waals surface area contributed by atoms with Gasteiger partial charge >= 0.3 is 5.97 Å². The number of carboxylic acids is 1. The summed E-state index contributed by atoms with van der Waals surface area (Å²) >= 11 is 0. The molecule has 1 heterocycles. The quantitative estimate of drug-likeness (QED) is 0.562. The fraction of sp³-hybridized carbons (Fsp3) is 0.0526. The van der Waals surface area contributed by atoms with Crippen LogP contribution in [0.3, 0.4) is 0 Å². The van der Waals surface area contributed by atoms with Gasteiger partial charge in [-0.2, -0.15) is 0 Å². The van der Waals surface area contributed by atoms with E-state index in [2.05, 4.69) is 4.98 Å². The van der Waals surface area contributed by atoms with Gasteiger partial charge in [0.25, 0.3) is 0 Å². The fourth-order valence-corrected chi connectivity index (χ4v) is 2.97. The van der Waals surface area contributed by atoms with E-state index in [9.17, 15) is 9.90 Å². The van der Waals surface area contributed by atoms with Crippen molar-refractivity contribution in [2.75, 3.05) is 7.11 Å². The SMILES string of the molecule is COc1ccc2nc3cc4ccccc4cc3c(C(=O)O)c2c1. The Kier molecular flexibility index (Phi) is 2.91. The smallest absolute Gasteiger partial charge is 0.337 e. The molecule has 0 spiro atoms. The summed E-state index contributed by atoms with van der Waals surface area (Å²) in [6, 6.07) is 17.0. The van der Waals surface area contributed by atoms with E-state index in [1.165, 1.54) is 0 Å². The van der Waals surface area contributed by atoms with Crippen molar-refractivity contribution in [3.05, 3.63) is 60.2 Å². The lowest BCUT2D eigenvalue weighted by Crippen LogP contribution is -2.01. The van der Waals surface area contributed by atoms with Gasteiger partial charge in [0.15, 0.2) is 0 Å². The molecule has 0 aliphatic carbocycles. The Bertz CT molecular complexity index is 1090. The summed E-state index contributed by atoms with van der Waals surface area (Å²) in [5.41, 5.74) is 1.58. The van der Waals surface area contributed by atoms with Crippen molar-refractivity contribution in [1.29, 1.82) is 0 Å². The molecule has 0 atom stereocenters. The summed E-state index contributed by atoms with van der Waals surface area (Å²) in [7, 11) is 1.56. The largest absolute Gasteiger partial charge is 0.497 e. The van der Waals surface area contributed by atoms with Crippen LogP contribution in [0.15, 0.2) is 54.6 Å². The zero-order chi connectivity index (χ0) is 16.0. The third-order valence-corrected chi connectivity index (χ3v) is 4.06. The minimum Gasteiger partial charge on any atom is -0.497 e. The van der Waals surface area contributed by atoms with Crippen molar-refractivity contribution < 1.29 is 14.6 Å². The molecule has 4 rings (SSSR count). The number of rotatable bonds is 2. The van der Waals surface area contributed by atoms with Gasteiger partial charge < -0.3 is 9.84 Å². The van der Waals surface area contributed by atoms with Crippen molar-refractivity contribution in [1.82, 2.24) is 4.98 Å². The van der Waals surface area contributed by atoms with Gasteiger partial charge in [-0.3, -0.25) is 0 Å². The van der Waals surface area contributed by atoms with Gasteiger partial charge in [-0.25, -0.2) is 9.78 Å². The first-order chi connectivity index (χ1) is 11.2. The highest BCUT2D eigenvalue weighted by Gasteiger charge is 2.16. The van der Waals surface area contributed by atoms with Crippen molar-refractivity contribution >= 4 is 38.5 Å². The minimum absolute atomic E-state index is 0.259. The Labute approximate surface area is 131 Å². The van der Waals surface area contributed by atoms with Crippen LogP contribution in [0.25, 0.3) is 32.6 Å². The molecule has 0 radical (unpaired) electrons. The molecule has 4 aromatic rings. The van der Waals surface area contributed by atoms with Crippen LogP contribution in [0.1, 0.15) is 10.4 Å². The second kappa shape index (κ2) is 4.95. The molecular weight excluding hydrogens is 290 g/mol. The number of ether oxygens (including phenoxy) is 1. The predicted molar refractivity (Wildman–Crippen MR) is 90.3 cm³/mol. The lowest BCUT2D eigenvalue weighted by molar-refractivity contribution is 0.0701. The van der Waals surface area contributed by atoms with E-state index < -0.39 is 5.97 Å². The fourth-order valence-electron chi connectivity index (χ4n) is 2.97. The Hall–Kier alpha value is -3.14. The van der Waals surface area contributed by atoms with Gasteiger partial charge in [-0.05, 0) is 41.1 Å². The van der Waals surface area contributed by atoms with Gasteiger partial charge in [0.2, 0.25) is 0 Å². The van der Waals surface area contributed by atoms with E-state index in [1.807, 2.05) is 36.4 Å². The van der Waals surface area contributed by atoms with Gasteiger partial charge in [-0.15, -0.1) is 0 Å². The zero-order valence-electron chi connectivity index (χ0n) is 12.4. The number of carbonyl (C=O) groups is 1. The van der Waals surface area contributed by atoms with Crippen LogP contribution in [0, 0.1) is 0 Å². The van der Waals surface area contributed by atoms with Gasteiger partial charge in [0, 0.05) is 10.8 Å². The maximum atomic E-state index is 11.9. The minimum atomic E-state index is -0.967. The monoisotopic (exact) mass is 303 g/mol. The van der Waals surface area contributed by atoms with Crippen molar-refractivity contribution in [3.8, 4) is 5.75 Å². The van der Waals surface area contributed by atoms with E-state index >= 15 is 0 Å². The standard InChI is InChI=1S/C19H13NO3/c1-23-13-6-7-16-15(10-13)18(19(21)22)14-8-11-4-2-3-5-12(11)9-17(14)20-16/h2-10H,1H3,(H,21,22). The normalized spacial score (nSPS) is 11.2. The molecular formula is C19H13NO3. The second-order valence-electron chi connectivity index (χ2n) is 5.39. The van der Waals surface area contributed by atoms with Gasteiger partial charge in [-0.1, -0.05) is 24.3 Å². The van der Waals surface area contributed by atoms with Crippen LogP contribution in [0.4, 0.5) is 0 Å². The number of nitrogens with zero attached hydrogens (tertiary/aromatic N) is 1. The van der Waals surface area contributed by atoms with Crippen LogP contribution in [0.2, 0.25) is 0 Å². The van der Waals surface area contributed by atoms with Crippen molar-refractivity contribution in [2.24, 2.45) is 0 Å². The van der Waals surface area contributed by atoms with E-state index in [1.54, 1.807) is 25.3 Å². The molecule has 4 nitrogen and oxygen atoms in total. The highest BCUT2D eigenvalue weighted by atomic mass is 16.5. The number of fused-ring (bicyclic) bond motifs is 3. The maximum Gasteiger partial charge on any atom is 0.337 e.